The van der Waals surface area contributed by atoms with E-state index in [4.69, 9.17) is 4.74 Å². The Hall–Kier alpha value is -1.67. The van der Waals surface area contributed by atoms with Crippen molar-refractivity contribution in [2.75, 3.05) is 10.5 Å². The molecule has 0 bridgehead atoms. The van der Waals surface area contributed by atoms with Crippen molar-refractivity contribution in [2.45, 2.75) is 25.1 Å². The van der Waals surface area contributed by atoms with Crippen LogP contribution in [-0.4, -0.2) is 24.8 Å². The Bertz CT molecular complexity index is 844. The molecule has 22 heavy (non-hydrogen) atoms. The molecule has 1 fully saturated rings. The topological polar surface area (TPSA) is 68.3 Å². The fourth-order valence-electron chi connectivity index (χ4n) is 2.42. The summed E-state index contributed by atoms with van der Waals surface area (Å²) in [5.41, 5.74) is 0.0128. The van der Waals surface area contributed by atoms with Crippen molar-refractivity contribution in [1.82, 2.24) is 4.98 Å². The minimum atomic E-state index is -3.72. The molecule has 5 nitrogen and oxygen atoms in total. The van der Waals surface area contributed by atoms with E-state index in [2.05, 4.69) is 9.71 Å². The van der Waals surface area contributed by atoms with Crippen LogP contribution in [0.25, 0.3) is 11.3 Å². The molecule has 0 radical (unpaired) electrons. The Balaban J connectivity index is 1.62. The van der Waals surface area contributed by atoms with E-state index in [1.54, 1.807) is 0 Å². The first kappa shape index (κ1) is 14.0. The fourth-order valence-corrected chi connectivity index (χ4v) is 5.07. The molecule has 1 aromatic carbocycles. The lowest BCUT2D eigenvalue weighted by Gasteiger charge is -2.15. The zero-order valence-corrected chi connectivity index (χ0v) is 13.1. The molecule has 0 spiro atoms. The number of rotatable bonds is 4. The molecule has 0 amide bonds. The second kappa shape index (κ2) is 4.66. The van der Waals surface area contributed by atoms with Crippen molar-refractivity contribution >= 4 is 26.5 Å². The number of para-hydroxylation sites is 1. The molecular weight excluding hydrogens is 327 g/mol. The molecule has 1 aliphatic heterocycles. The Labute approximate surface area is 131 Å². The monoisotopic (exact) mass is 340 g/mol. The highest BCUT2D eigenvalue weighted by Gasteiger charge is 2.47. The third-order valence-electron chi connectivity index (χ3n) is 3.68. The number of nitrogens with zero attached hydrogens (tertiary/aromatic N) is 1. The van der Waals surface area contributed by atoms with Gasteiger partial charge in [0.2, 0.25) is 10.0 Å². The molecule has 0 atom stereocenters. The van der Waals surface area contributed by atoms with Gasteiger partial charge in [0.15, 0.2) is 5.13 Å². The molecule has 4 rings (SSSR count). The molecule has 1 N–H and O–H groups in total. The van der Waals surface area contributed by atoms with E-state index in [-0.39, 0.29) is 5.13 Å². The maximum absolute atomic E-state index is 13.7. The SMILES string of the molecule is O=S(=O)(CC1(F)CC1)Nc1nc2c(s1)COc1ccccc1-2. The highest BCUT2D eigenvalue weighted by Crippen LogP contribution is 2.43. The summed E-state index contributed by atoms with van der Waals surface area (Å²) in [5.74, 6) is 0.229. The van der Waals surface area contributed by atoms with Gasteiger partial charge in [-0.2, -0.15) is 0 Å². The van der Waals surface area contributed by atoms with Gasteiger partial charge in [-0.15, -0.1) is 0 Å². The molecule has 0 unspecified atom stereocenters. The Morgan fingerprint density at radius 1 is 1.36 bits per heavy atom. The molecule has 0 saturated heterocycles. The van der Waals surface area contributed by atoms with Gasteiger partial charge >= 0.3 is 0 Å². The first-order valence-corrected chi connectivity index (χ1v) is 9.32. The van der Waals surface area contributed by atoms with Crippen LogP contribution in [0.2, 0.25) is 0 Å². The van der Waals surface area contributed by atoms with E-state index in [0.29, 0.717) is 19.4 Å². The summed E-state index contributed by atoms with van der Waals surface area (Å²) in [7, 11) is -3.72. The number of fused-ring (bicyclic) bond motifs is 3. The van der Waals surface area contributed by atoms with E-state index in [1.165, 1.54) is 11.3 Å². The molecule has 8 heteroatoms. The van der Waals surface area contributed by atoms with Gasteiger partial charge in [-0.3, -0.25) is 4.72 Å². The van der Waals surface area contributed by atoms with Gasteiger partial charge in [0.1, 0.15) is 23.8 Å². The van der Waals surface area contributed by atoms with Crippen LogP contribution in [0.3, 0.4) is 0 Å². The molecular formula is C14H13FN2O3S2. The van der Waals surface area contributed by atoms with Gasteiger partial charge in [0, 0.05) is 5.56 Å². The minimum Gasteiger partial charge on any atom is -0.487 e. The van der Waals surface area contributed by atoms with Crippen molar-refractivity contribution in [3.8, 4) is 17.0 Å². The summed E-state index contributed by atoms with van der Waals surface area (Å²) in [5, 5.41) is 0.259. The number of sulfonamides is 1. The zero-order valence-electron chi connectivity index (χ0n) is 11.5. The predicted octanol–water partition coefficient (Wildman–Crippen LogP) is 2.95. The number of aromatic nitrogens is 1. The van der Waals surface area contributed by atoms with Gasteiger partial charge in [-0.05, 0) is 25.0 Å². The number of halogens is 1. The maximum atomic E-state index is 13.7. The lowest BCUT2D eigenvalue weighted by molar-refractivity contribution is 0.305. The summed E-state index contributed by atoms with van der Waals surface area (Å²) < 4.78 is 45.7. The maximum Gasteiger partial charge on any atom is 0.237 e. The highest BCUT2D eigenvalue weighted by molar-refractivity contribution is 7.93. The molecule has 2 heterocycles. The van der Waals surface area contributed by atoms with Crippen LogP contribution < -0.4 is 9.46 Å². The summed E-state index contributed by atoms with van der Waals surface area (Å²) >= 11 is 1.22. The van der Waals surface area contributed by atoms with E-state index in [0.717, 1.165) is 21.9 Å². The first-order chi connectivity index (χ1) is 10.4. The number of ether oxygens (including phenoxy) is 1. The highest BCUT2D eigenvalue weighted by atomic mass is 32.2. The van der Waals surface area contributed by atoms with E-state index >= 15 is 0 Å². The largest absolute Gasteiger partial charge is 0.487 e. The van der Waals surface area contributed by atoms with Gasteiger partial charge in [-0.25, -0.2) is 17.8 Å². The number of hydrogen-bond acceptors (Lipinski definition) is 5. The normalized spacial score (nSPS) is 18.0. The van der Waals surface area contributed by atoms with Crippen molar-refractivity contribution in [3.05, 3.63) is 29.1 Å². The van der Waals surface area contributed by atoms with Crippen molar-refractivity contribution in [3.63, 3.8) is 0 Å². The third kappa shape index (κ3) is 2.56. The summed E-state index contributed by atoms with van der Waals surface area (Å²) in [6.45, 7) is 0.360. The number of alkyl halides is 1. The van der Waals surface area contributed by atoms with E-state index < -0.39 is 21.4 Å². The van der Waals surface area contributed by atoms with Gasteiger partial charge in [0.25, 0.3) is 0 Å². The van der Waals surface area contributed by atoms with Gasteiger partial charge < -0.3 is 4.74 Å². The molecule has 1 saturated carbocycles. The lowest BCUT2D eigenvalue weighted by Crippen LogP contribution is -2.24. The molecule has 1 aromatic heterocycles. The van der Waals surface area contributed by atoms with Crippen LogP contribution in [-0.2, 0) is 16.6 Å². The predicted molar refractivity (Wildman–Crippen MR) is 82.4 cm³/mol. The number of hydrogen-bond donors (Lipinski definition) is 1. The van der Waals surface area contributed by atoms with Crippen LogP contribution in [0.4, 0.5) is 9.52 Å². The molecule has 116 valence electrons. The first-order valence-electron chi connectivity index (χ1n) is 6.85. The standard InChI is InChI=1S/C14H13FN2O3S2/c15-14(5-6-14)8-22(18,19)17-13-16-12-9-3-1-2-4-10(9)20-7-11(12)21-13/h1-4H,5-8H2,(H,16,17). The number of benzene rings is 1. The average Bonchev–Trinajstić information content (AvgIpc) is 3.02. The second-order valence-electron chi connectivity index (χ2n) is 5.59. The van der Waals surface area contributed by atoms with E-state index in [9.17, 15) is 12.8 Å². The summed E-state index contributed by atoms with van der Waals surface area (Å²) in [6, 6.07) is 7.48. The second-order valence-corrected chi connectivity index (χ2v) is 8.39. The number of nitrogens with one attached hydrogen (secondary N) is 1. The fraction of sp³-hybridized carbons (Fsp3) is 0.357. The van der Waals surface area contributed by atoms with Crippen molar-refractivity contribution in [1.29, 1.82) is 0 Å². The van der Waals surface area contributed by atoms with Crippen LogP contribution in [0, 0.1) is 0 Å². The summed E-state index contributed by atoms with van der Waals surface area (Å²) in [4.78, 5) is 5.21. The van der Waals surface area contributed by atoms with Crippen LogP contribution in [0.5, 0.6) is 5.75 Å². The number of anilines is 1. The van der Waals surface area contributed by atoms with Crippen molar-refractivity contribution in [2.24, 2.45) is 0 Å². The Morgan fingerprint density at radius 3 is 2.91 bits per heavy atom. The average molecular weight is 340 g/mol. The minimum absolute atomic E-state index is 0.259. The van der Waals surface area contributed by atoms with Gasteiger partial charge in [0.05, 0.1) is 10.6 Å². The van der Waals surface area contributed by atoms with Crippen LogP contribution in [0.15, 0.2) is 24.3 Å². The van der Waals surface area contributed by atoms with Gasteiger partial charge in [-0.1, -0.05) is 23.5 Å². The van der Waals surface area contributed by atoms with Crippen LogP contribution in [0.1, 0.15) is 17.7 Å². The molecule has 2 aromatic rings. The Morgan fingerprint density at radius 2 is 2.14 bits per heavy atom. The number of thiazole rings is 1. The Kier molecular flexibility index (Phi) is 2.96. The third-order valence-corrected chi connectivity index (χ3v) is 6.16. The van der Waals surface area contributed by atoms with Crippen molar-refractivity contribution < 1.29 is 17.5 Å². The quantitative estimate of drug-likeness (QED) is 0.929. The molecule has 2 aliphatic rings. The van der Waals surface area contributed by atoms with E-state index in [1.807, 2.05) is 24.3 Å². The smallest absolute Gasteiger partial charge is 0.237 e. The zero-order chi connectivity index (χ0) is 15.4. The van der Waals surface area contributed by atoms with Crippen LogP contribution >= 0.6 is 11.3 Å². The summed E-state index contributed by atoms with van der Waals surface area (Å²) in [6.07, 6.45) is 0.618. The lowest BCUT2D eigenvalue weighted by atomic mass is 10.1. The molecule has 1 aliphatic carbocycles.